The molecule has 1 aromatic heterocycles. The van der Waals surface area contributed by atoms with Crippen LogP contribution in [0, 0.1) is 23.1 Å². The van der Waals surface area contributed by atoms with Crippen molar-refractivity contribution in [2.45, 2.75) is 40.0 Å². The van der Waals surface area contributed by atoms with E-state index in [1.165, 1.54) is 18.3 Å². The maximum Gasteiger partial charge on any atom is 0.272 e. The summed E-state index contributed by atoms with van der Waals surface area (Å²) in [7, 11) is 0. The first-order valence-electron chi connectivity index (χ1n) is 11.5. The van der Waals surface area contributed by atoms with Crippen LogP contribution in [0.15, 0.2) is 36.5 Å². The second kappa shape index (κ2) is 9.50. The maximum atomic E-state index is 13.2. The molecule has 0 aliphatic carbocycles. The number of H-pyrrole nitrogens is 1. The van der Waals surface area contributed by atoms with Gasteiger partial charge < -0.3 is 24.9 Å². The summed E-state index contributed by atoms with van der Waals surface area (Å²) in [5, 5.41) is 8.39. The second-order valence-corrected chi connectivity index (χ2v) is 9.36. The lowest BCUT2D eigenvalue weighted by Gasteiger charge is -2.35. The average Bonchev–Trinajstić information content (AvgIpc) is 3.42. The third kappa shape index (κ3) is 4.65. The van der Waals surface area contributed by atoms with Crippen LogP contribution in [0.25, 0.3) is 5.57 Å². The van der Waals surface area contributed by atoms with Gasteiger partial charge >= 0.3 is 0 Å². The van der Waals surface area contributed by atoms with Crippen LogP contribution in [0.4, 0.5) is 4.39 Å². The van der Waals surface area contributed by atoms with Crippen molar-refractivity contribution in [1.29, 1.82) is 5.41 Å². The first-order valence-corrected chi connectivity index (χ1v) is 11.5. The molecule has 8 nitrogen and oxygen atoms in total. The molecule has 9 heteroatoms. The summed E-state index contributed by atoms with van der Waals surface area (Å²) >= 11 is 0. The highest BCUT2D eigenvalue weighted by atomic mass is 19.1. The molecule has 2 atom stereocenters. The van der Waals surface area contributed by atoms with Crippen molar-refractivity contribution in [2.24, 2.45) is 11.8 Å². The summed E-state index contributed by atoms with van der Waals surface area (Å²) in [5.74, 6) is 0.0461. The van der Waals surface area contributed by atoms with E-state index in [1.807, 2.05) is 27.7 Å². The van der Waals surface area contributed by atoms with Crippen molar-refractivity contribution in [2.75, 3.05) is 19.6 Å². The number of aromatic amines is 1. The lowest BCUT2D eigenvalue weighted by molar-refractivity contribution is -0.132. The molecular formula is C25H30FN5O3. The summed E-state index contributed by atoms with van der Waals surface area (Å²) in [6, 6.07) is 5.76. The Morgan fingerprint density at radius 2 is 1.94 bits per heavy atom. The van der Waals surface area contributed by atoms with Crippen LogP contribution in [0.5, 0.6) is 0 Å². The van der Waals surface area contributed by atoms with E-state index in [4.69, 9.17) is 10.1 Å². The Kier molecular flexibility index (Phi) is 6.65. The minimum atomic E-state index is -0.464. The van der Waals surface area contributed by atoms with Crippen molar-refractivity contribution in [3.8, 4) is 0 Å². The number of carbonyl (C=O) groups excluding carboxylic acids is 2. The van der Waals surface area contributed by atoms with Gasteiger partial charge in [-0.05, 0) is 53.3 Å². The third-order valence-corrected chi connectivity index (χ3v) is 6.21. The fourth-order valence-electron chi connectivity index (χ4n) is 4.26. The van der Waals surface area contributed by atoms with Crippen molar-refractivity contribution in [1.82, 2.24) is 19.8 Å². The van der Waals surface area contributed by atoms with Gasteiger partial charge in [0.25, 0.3) is 11.8 Å². The summed E-state index contributed by atoms with van der Waals surface area (Å²) in [4.78, 5) is 36.6. The van der Waals surface area contributed by atoms with E-state index in [0.29, 0.717) is 36.7 Å². The zero-order chi connectivity index (χ0) is 24.6. The van der Waals surface area contributed by atoms with Gasteiger partial charge in [0.05, 0.1) is 18.5 Å². The van der Waals surface area contributed by atoms with E-state index in [1.54, 1.807) is 28.0 Å². The Bertz CT molecular complexity index is 1120. The van der Waals surface area contributed by atoms with E-state index in [0.717, 1.165) is 5.57 Å². The Hall–Kier alpha value is -3.33. The molecule has 0 unspecified atom stereocenters. The maximum absolute atomic E-state index is 13.2. The molecule has 0 spiro atoms. The Morgan fingerprint density at radius 1 is 1.24 bits per heavy atom. The molecule has 0 radical (unpaired) electrons. The van der Waals surface area contributed by atoms with Crippen molar-refractivity contribution in [3.63, 3.8) is 0 Å². The van der Waals surface area contributed by atoms with Crippen LogP contribution in [0.2, 0.25) is 0 Å². The van der Waals surface area contributed by atoms with E-state index in [-0.39, 0.29) is 35.2 Å². The van der Waals surface area contributed by atoms with Crippen molar-refractivity contribution < 1.29 is 18.7 Å². The lowest BCUT2D eigenvalue weighted by Crippen LogP contribution is -2.53. The summed E-state index contributed by atoms with van der Waals surface area (Å²) < 4.78 is 19.1. The minimum absolute atomic E-state index is 0.00811. The van der Waals surface area contributed by atoms with E-state index in [9.17, 15) is 14.0 Å². The number of benzene rings is 1. The van der Waals surface area contributed by atoms with Gasteiger partial charge in [0.1, 0.15) is 23.4 Å². The van der Waals surface area contributed by atoms with Crippen LogP contribution in [0.3, 0.4) is 0 Å². The van der Waals surface area contributed by atoms with Gasteiger partial charge in [0.2, 0.25) is 0 Å². The van der Waals surface area contributed by atoms with Crippen LogP contribution < -0.4 is 0 Å². The highest BCUT2D eigenvalue weighted by molar-refractivity contribution is 6.10. The number of carbonyl (C=O) groups is 2. The number of ether oxygens (including phenoxy) is 1. The Labute approximate surface area is 198 Å². The van der Waals surface area contributed by atoms with E-state index >= 15 is 0 Å². The second-order valence-electron chi connectivity index (χ2n) is 9.36. The van der Waals surface area contributed by atoms with Crippen LogP contribution in [-0.4, -0.2) is 69.3 Å². The van der Waals surface area contributed by atoms with Crippen LogP contribution >= 0.6 is 0 Å². The number of allylic oxidation sites excluding steroid dienone is 2. The number of amides is 2. The molecular weight excluding hydrogens is 437 g/mol. The van der Waals surface area contributed by atoms with Crippen LogP contribution in [0.1, 0.15) is 49.6 Å². The number of aromatic nitrogens is 2. The first kappa shape index (κ1) is 23.8. The van der Waals surface area contributed by atoms with E-state index in [2.05, 4.69) is 9.97 Å². The van der Waals surface area contributed by atoms with Crippen molar-refractivity contribution >= 4 is 23.1 Å². The smallest absolute Gasteiger partial charge is 0.272 e. The van der Waals surface area contributed by atoms with Gasteiger partial charge in [-0.15, -0.1) is 0 Å². The van der Waals surface area contributed by atoms with Gasteiger partial charge in [-0.25, -0.2) is 9.37 Å². The predicted octanol–water partition coefficient (Wildman–Crippen LogP) is 3.32. The van der Waals surface area contributed by atoms with Gasteiger partial charge in [0, 0.05) is 13.1 Å². The molecule has 34 heavy (non-hydrogen) atoms. The highest BCUT2D eigenvalue weighted by Gasteiger charge is 2.45. The Morgan fingerprint density at radius 3 is 2.59 bits per heavy atom. The zero-order valence-corrected chi connectivity index (χ0v) is 19.8. The van der Waals surface area contributed by atoms with Gasteiger partial charge in [-0.2, -0.15) is 0 Å². The predicted molar refractivity (Wildman–Crippen MR) is 126 cm³/mol. The number of piperazine rings is 1. The quantitative estimate of drug-likeness (QED) is 0.636. The van der Waals surface area contributed by atoms with Crippen molar-refractivity contribution in [3.05, 3.63) is 59.4 Å². The molecule has 2 aromatic rings. The molecule has 1 aromatic carbocycles. The normalized spacial score (nSPS) is 20.9. The number of fused-ring (bicyclic) bond motifs is 1. The number of hydrogen-bond donors (Lipinski definition) is 2. The molecule has 2 saturated heterocycles. The average molecular weight is 468 g/mol. The van der Waals surface area contributed by atoms with Gasteiger partial charge in [-0.1, -0.05) is 27.7 Å². The molecule has 2 amide bonds. The standard InChI is InChI=1S/C25H30FN5O3/c1-14(2)18(11-19(27)16-5-7-17(26)8-6-16)23-28-12-20(29-23)24(32)30-9-10-31-21(13-30)34-22(15(3)4)25(31)33/h5-8,11-12,14-15,21-22,27H,9-10,13H2,1-4H3,(H,28,29)/b18-11-,27-19?/t21-,22-/m0/s1. The number of nitrogens with one attached hydrogen (secondary N) is 2. The number of nitrogens with zero attached hydrogens (tertiary/aromatic N) is 3. The monoisotopic (exact) mass is 467 g/mol. The molecule has 2 fully saturated rings. The molecule has 0 bridgehead atoms. The Balaban J connectivity index is 1.49. The molecule has 3 heterocycles. The zero-order valence-electron chi connectivity index (χ0n) is 19.8. The summed E-state index contributed by atoms with van der Waals surface area (Å²) in [5.41, 5.74) is 1.92. The molecule has 0 saturated carbocycles. The fraction of sp³-hybridized carbons (Fsp3) is 0.440. The molecule has 2 N–H and O–H groups in total. The van der Waals surface area contributed by atoms with E-state index < -0.39 is 12.3 Å². The number of imidazole rings is 1. The van der Waals surface area contributed by atoms with Gasteiger partial charge in [-0.3, -0.25) is 9.59 Å². The molecule has 2 aliphatic heterocycles. The topological polar surface area (TPSA) is 102 Å². The molecule has 2 aliphatic rings. The number of rotatable bonds is 6. The number of hydrogen-bond acceptors (Lipinski definition) is 5. The molecule has 180 valence electrons. The SMILES string of the molecule is CC(C)/C(=C/C(=N)c1ccc(F)cc1)c1ncc(C(=O)N2CCN3C(=O)[C@H](C(C)C)O[C@H]3C2)[nH]1. The fourth-order valence-corrected chi connectivity index (χ4v) is 4.26. The largest absolute Gasteiger partial charge is 0.343 e. The highest BCUT2D eigenvalue weighted by Crippen LogP contribution is 2.27. The van der Waals surface area contributed by atoms with Crippen LogP contribution in [-0.2, 0) is 9.53 Å². The molecule has 4 rings (SSSR count). The summed E-state index contributed by atoms with van der Waals surface area (Å²) in [6.45, 7) is 9.03. The third-order valence-electron chi connectivity index (χ3n) is 6.21. The number of halogens is 1. The first-order chi connectivity index (χ1) is 16.2. The minimum Gasteiger partial charge on any atom is -0.343 e. The lowest BCUT2D eigenvalue weighted by atomic mass is 9.98. The summed E-state index contributed by atoms with van der Waals surface area (Å²) in [6.07, 6.45) is 2.30. The van der Waals surface area contributed by atoms with Gasteiger partial charge in [0.15, 0.2) is 6.23 Å².